The summed E-state index contributed by atoms with van der Waals surface area (Å²) in [6, 6.07) is 80.8. The lowest BCUT2D eigenvalue weighted by atomic mass is 9.97. The van der Waals surface area contributed by atoms with Crippen LogP contribution in [-0.4, -0.2) is 0 Å². The van der Waals surface area contributed by atoms with Crippen molar-refractivity contribution in [2.24, 2.45) is 0 Å². The topological polar surface area (TPSA) is 16.4 Å². The Bertz CT molecular complexity index is 3340. The molecule has 0 aliphatic heterocycles. The minimum atomic E-state index is 0.906. The van der Waals surface area contributed by atoms with Crippen molar-refractivity contribution in [2.75, 3.05) is 4.90 Å². The molecular weight excluding hydrogens is 751 g/mol. The second kappa shape index (κ2) is 17.0. The van der Waals surface area contributed by atoms with Crippen LogP contribution in [0.2, 0.25) is 0 Å². The van der Waals surface area contributed by atoms with Crippen LogP contribution >= 0.6 is 0 Å². The maximum Gasteiger partial charge on any atom is 0.135 e. The molecule has 0 aliphatic rings. The standard InChI is InChI=1S/C56H37NO.C4H8/c1-2-9-38(10-3-1)39-17-19-40(20-18-39)44-12-8-13-50(36-44)57(49-31-25-42(26-32-49)46-28-34-56-54(37-46)53-15-6-7-16-55(53)58-56)48-29-23-41(24-30-48)45-27-33-52-47(35-45)22-21-43-11-4-5-14-51(43)52;1-3-4-2/h1-37H;3-4H,1-2H3/b;4-3-. The third kappa shape index (κ3) is 7.55. The predicted octanol–water partition coefficient (Wildman–Crippen LogP) is 17.6. The molecule has 62 heavy (non-hydrogen) atoms. The van der Waals surface area contributed by atoms with Gasteiger partial charge in [-0.3, -0.25) is 0 Å². The molecule has 0 unspecified atom stereocenters. The van der Waals surface area contributed by atoms with Gasteiger partial charge in [0.1, 0.15) is 11.2 Å². The van der Waals surface area contributed by atoms with Crippen LogP contribution in [0.4, 0.5) is 17.1 Å². The number of hydrogen-bond donors (Lipinski definition) is 0. The minimum absolute atomic E-state index is 0.906. The second-order valence-electron chi connectivity index (χ2n) is 15.6. The second-order valence-corrected chi connectivity index (χ2v) is 15.6. The van der Waals surface area contributed by atoms with E-state index in [0.717, 1.165) is 50.1 Å². The van der Waals surface area contributed by atoms with E-state index in [1.54, 1.807) is 0 Å². The van der Waals surface area contributed by atoms with Gasteiger partial charge in [0, 0.05) is 27.8 Å². The molecule has 2 heteroatoms. The van der Waals surface area contributed by atoms with Crippen LogP contribution in [0.25, 0.3) is 88.0 Å². The summed E-state index contributed by atoms with van der Waals surface area (Å²) in [5.74, 6) is 0. The van der Waals surface area contributed by atoms with Gasteiger partial charge in [0.05, 0.1) is 0 Å². The quantitative estimate of drug-likeness (QED) is 0.118. The Kier molecular flexibility index (Phi) is 10.5. The zero-order valence-electron chi connectivity index (χ0n) is 34.9. The first kappa shape index (κ1) is 38.3. The van der Waals surface area contributed by atoms with E-state index >= 15 is 0 Å². The van der Waals surface area contributed by atoms with E-state index in [9.17, 15) is 0 Å². The summed E-state index contributed by atoms with van der Waals surface area (Å²) in [4.78, 5) is 2.36. The summed E-state index contributed by atoms with van der Waals surface area (Å²) in [5.41, 5.74) is 14.6. The Morgan fingerprint density at radius 2 is 0.758 bits per heavy atom. The zero-order chi connectivity index (χ0) is 41.8. The first-order valence-corrected chi connectivity index (χ1v) is 21.3. The molecule has 1 aromatic heterocycles. The number of anilines is 3. The first-order chi connectivity index (χ1) is 30.6. The monoisotopic (exact) mass is 795 g/mol. The molecule has 1 heterocycles. The molecular formula is C60H45NO. The highest BCUT2D eigenvalue weighted by Gasteiger charge is 2.16. The van der Waals surface area contributed by atoms with Gasteiger partial charge in [-0.1, -0.05) is 176 Å². The van der Waals surface area contributed by atoms with Crippen molar-refractivity contribution in [3.05, 3.63) is 237 Å². The van der Waals surface area contributed by atoms with Crippen LogP contribution in [0.1, 0.15) is 13.8 Å². The van der Waals surface area contributed by atoms with E-state index in [2.05, 4.69) is 217 Å². The van der Waals surface area contributed by atoms with Crippen LogP contribution in [0.5, 0.6) is 0 Å². The summed E-state index contributed by atoms with van der Waals surface area (Å²) in [7, 11) is 0. The van der Waals surface area contributed by atoms with Gasteiger partial charge in [-0.15, -0.1) is 0 Å². The van der Waals surface area contributed by atoms with Gasteiger partial charge in [-0.25, -0.2) is 0 Å². The number of para-hydroxylation sites is 1. The average molecular weight is 796 g/mol. The number of fused-ring (bicyclic) bond motifs is 6. The number of allylic oxidation sites excluding steroid dienone is 2. The molecule has 0 spiro atoms. The fourth-order valence-electron chi connectivity index (χ4n) is 8.46. The Morgan fingerprint density at radius 3 is 1.45 bits per heavy atom. The SMILES string of the molecule is C/C=C\C.c1ccc(-c2ccc(-c3cccc(N(c4ccc(-c5ccc6c(ccc7ccccc76)c5)cc4)c4ccc(-c5ccc6oc7ccccc7c6c5)cc4)c3)cc2)cc1. The van der Waals surface area contributed by atoms with Gasteiger partial charge in [0.25, 0.3) is 0 Å². The Morgan fingerprint density at radius 1 is 0.290 bits per heavy atom. The van der Waals surface area contributed by atoms with E-state index < -0.39 is 0 Å². The Balaban J connectivity index is 0.00000110. The number of benzene rings is 10. The van der Waals surface area contributed by atoms with Crippen molar-refractivity contribution in [3.63, 3.8) is 0 Å². The zero-order valence-corrected chi connectivity index (χ0v) is 34.9. The lowest BCUT2D eigenvalue weighted by molar-refractivity contribution is 0.669. The van der Waals surface area contributed by atoms with Gasteiger partial charge in [-0.2, -0.15) is 0 Å². The molecule has 2 nitrogen and oxygen atoms in total. The summed E-state index contributed by atoms with van der Waals surface area (Å²) in [5, 5.41) is 7.34. The Labute approximate surface area is 363 Å². The van der Waals surface area contributed by atoms with Crippen molar-refractivity contribution in [1.82, 2.24) is 0 Å². The maximum atomic E-state index is 6.12. The number of nitrogens with zero attached hydrogens (tertiary/aromatic N) is 1. The highest BCUT2D eigenvalue weighted by Crippen LogP contribution is 2.40. The van der Waals surface area contributed by atoms with Crippen LogP contribution in [0.3, 0.4) is 0 Å². The third-order valence-electron chi connectivity index (χ3n) is 11.8. The molecule has 11 rings (SSSR count). The molecule has 0 aliphatic carbocycles. The van der Waals surface area contributed by atoms with Crippen molar-refractivity contribution >= 4 is 60.5 Å². The van der Waals surface area contributed by atoms with Gasteiger partial charge in [0.15, 0.2) is 0 Å². The van der Waals surface area contributed by atoms with Gasteiger partial charge >= 0.3 is 0 Å². The van der Waals surface area contributed by atoms with Gasteiger partial charge in [0.2, 0.25) is 0 Å². The molecule has 0 N–H and O–H groups in total. The van der Waals surface area contributed by atoms with Gasteiger partial charge < -0.3 is 9.32 Å². The van der Waals surface area contributed by atoms with Crippen molar-refractivity contribution in [3.8, 4) is 44.5 Å². The molecule has 0 fully saturated rings. The van der Waals surface area contributed by atoms with E-state index in [1.807, 2.05) is 38.1 Å². The lowest BCUT2D eigenvalue weighted by Gasteiger charge is -2.26. The molecule has 11 aromatic rings. The highest BCUT2D eigenvalue weighted by molar-refractivity contribution is 6.09. The average Bonchev–Trinajstić information content (AvgIpc) is 3.73. The van der Waals surface area contributed by atoms with Crippen LogP contribution in [0.15, 0.2) is 241 Å². The molecule has 296 valence electrons. The molecule has 0 atom stereocenters. The lowest BCUT2D eigenvalue weighted by Crippen LogP contribution is -2.10. The highest BCUT2D eigenvalue weighted by atomic mass is 16.3. The summed E-state index contributed by atoms with van der Waals surface area (Å²) in [6.45, 7) is 4.00. The first-order valence-electron chi connectivity index (χ1n) is 21.3. The van der Waals surface area contributed by atoms with Crippen molar-refractivity contribution < 1.29 is 4.42 Å². The van der Waals surface area contributed by atoms with Crippen LogP contribution in [0, 0.1) is 0 Å². The molecule has 0 saturated heterocycles. The predicted molar refractivity (Wildman–Crippen MR) is 266 cm³/mol. The van der Waals surface area contributed by atoms with E-state index in [4.69, 9.17) is 4.42 Å². The van der Waals surface area contributed by atoms with E-state index in [-0.39, 0.29) is 0 Å². The summed E-state index contributed by atoms with van der Waals surface area (Å²) in [6.07, 6.45) is 4.00. The Hall–Kier alpha value is -7.94. The molecule has 0 bridgehead atoms. The van der Waals surface area contributed by atoms with Crippen LogP contribution in [-0.2, 0) is 0 Å². The fraction of sp³-hybridized carbons (Fsp3) is 0.0333. The number of hydrogen-bond acceptors (Lipinski definition) is 2. The van der Waals surface area contributed by atoms with Gasteiger partial charge in [-0.05, 0) is 141 Å². The summed E-state index contributed by atoms with van der Waals surface area (Å²) < 4.78 is 6.12. The third-order valence-corrected chi connectivity index (χ3v) is 11.8. The maximum absolute atomic E-state index is 6.12. The fourth-order valence-corrected chi connectivity index (χ4v) is 8.46. The number of rotatable bonds is 7. The van der Waals surface area contributed by atoms with E-state index in [1.165, 1.54) is 54.9 Å². The van der Waals surface area contributed by atoms with Crippen LogP contribution < -0.4 is 4.90 Å². The smallest absolute Gasteiger partial charge is 0.135 e. The van der Waals surface area contributed by atoms with Crippen molar-refractivity contribution in [1.29, 1.82) is 0 Å². The largest absolute Gasteiger partial charge is 0.456 e. The molecule has 10 aromatic carbocycles. The molecule has 0 radical (unpaired) electrons. The number of furan rings is 1. The summed E-state index contributed by atoms with van der Waals surface area (Å²) >= 11 is 0. The van der Waals surface area contributed by atoms with Crippen molar-refractivity contribution in [2.45, 2.75) is 13.8 Å². The molecule has 0 saturated carbocycles. The minimum Gasteiger partial charge on any atom is -0.456 e. The van der Waals surface area contributed by atoms with E-state index in [0.29, 0.717) is 0 Å². The normalized spacial score (nSPS) is 11.3. The molecule has 0 amide bonds.